The first-order valence-corrected chi connectivity index (χ1v) is 6.81. The zero-order valence-corrected chi connectivity index (χ0v) is 10.6. The molecule has 2 heterocycles. The van der Waals surface area contributed by atoms with E-state index in [4.69, 9.17) is 5.73 Å². The molecule has 1 aliphatic rings. The van der Waals surface area contributed by atoms with Gasteiger partial charge in [-0.15, -0.1) is 0 Å². The van der Waals surface area contributed by atoms with Crippen LogP contribution in [0.25, 0.3) is 0 Å². The van der Waals surface area contributed by atoms with Crippen LogP contribution < -0.4 is 10.6 Å². The van der Waals surface area contributed by atoms with Crippen LogP contribution in [0.15, 0.2) is 18.3 Å². The largest absolute Gasteiger partial charge is 0.356 e. The zero-order valence-electron chi connectivity index (χ0n) is 10.6. The van der Waals surface area contributed by atoms with Gasteiger partial charge in [-0.2, -0.15) is 0 Å². The van der Waals surface area contributed by atoms with Crippen LogP contribution in [0.2, 0.25) is 0 Å². The van der Waals surface area contributed by atoms with Gasteiger partial charge in [0.05, 0.1) is 0 Å². The van der Waals surface area contributed by atoms with Crippen LogP contribution in [0.4, 0.5) is 5.82 Å². The van der Waals surface area contributed by atoms with Gasteiger partial charge < -0.3 is 10.6 Å². The van der Waals surface area contributed by atoms with Gasteiger partial charge in [-0.25, -0.2) is 4.98 Å². The number of anilines is 1. The number of pyridine rings is 1. The predicted molar refractivity (Wildman–Crippen MR) is 72.3 cm³/mol. The van der Waals surface area contributed by atoms with Gasteiger partial charge in [0.15, 0.2) is 0 Å². The maximum absolute atomic E-state index is 5.67. The molecule has 1 aromatic heterocycles. The average molecular weight is 233 g/mol. The predicted octanol–water partition coefficient (Wildman–Crippen LogP) is 2.35. The summed E-state index contributed by atoms with van der Waals surface area (Å²) in [6.07, 6.45) is 9.52. The lowest BCUT2D eigenvalue weighted by atomic mass is 10.1. The molecule has 1 fully saturated rings. The molecule has 1 saturated heterocycles. The molecule has 0 spiro atoms. The lowest BCUT2D eigenvalue weighted by Gasteiger charge is -2.27. The Labute approximate surface area is 104 Å². The van der Waals surface area contributed by atoms with Gasteiger partial charge in [0.25, 0.3) is 0 Å². The first-order valence-electron chi connectivity index (χ1n) is 6.81. The Balaban J connectivity index is 2.12. The fourth-order valence-corrected chi connectivity index (χ4v) is 2.52. The van der Waals surface area contributed by atoms with Crippen molar-refractivity contribution in [3.05, 3.63) is 23.9 Å². The molecular weight excluding hydrogens is 210 g/mol. The summed E-state index contributed by atoms with van der Waals surface area (Å²) in [5.41, 5.74) is 6.97. The second-order valence-corrected chi connectivity index (χ2v) is 4.78. The van der Waals surface area contributed by atoms with Crippen LogP contribution in [0.3, 0.4) is 0 Å². The third-order valence-electron chi connectivity index (χ3n) is 3.44. The number of rotatable bonds is 3. The van der Waals surface area contributed by atoms with E-state index >= 15 is 0 Å². The van der Waals surface area contributed by atoms with E-state index in [0.717, 1.165) is 19.5 Å². The van der Waals surface area contributed by atoms with Gasteiger partial charge in [0.1, 0.15) is 5.82 Å². The van der Waals surface area contributed by atoms with Crippen LogP contribution >= 0.6 is 0 Å². The van der Waals surface area contributed by atoms with Gasteiger partial charge in [-0.1, -0.05) is 25.3 Å². The Morgan fingerprint density at radius 2 is 1.82 bits per heavy atom. The van der Waals surface area contributed by atoms with Gasteiger partial charge in [0, 0.05) is 19.3 Å². The lowest BCUT2D eigenvalue weighted by molar-refractivity contribution is 0.552. The van der Waals surface area contributed by atoms with E-state index in [2.05, 4.69) is 16.0 Å². The summed E-state index contributed by atoms with van der Waals surface area (Å²) in [4.78, 5) is 7.01. The highest BCUT2D eigenvalue weighted by molar-refractivity contribution is 5.46. The van der Waals surface area contributed by atoms with Crippen LogP contribution in [0.5, 0.6) is 0 Å². The number of aromatic nitrogens is 1. The van der Waals surface area contributed by atoms with E-state index in [-0.39, 0.29) is 0 Å². The van der Waals surface area contributed by atoms with Gasteiger partial charge in [0.2, 0.25) is 0 Å². The third-order valence-corrected chi connectivity index (χ3v) is 3.44. The van der Waals surface area contributed by atoms with E-state index in [1.165, 1.54) is 43.5 Å². The average Bonchev–Trinajstić information content (AvgIpc) is 2.30. The van der Waals surface area contributed by atoms with Crippen LogP contribution in [0.1, 0.15) is 37.7 Å². The number of nitrogens with two attached hydrogens (primary N) is 1. The Morgan fingerprint density at radius 1 is 1.12 bits per heavy atom. The lowest BCUT2D eigenvalue weighted by Crippen LogP contribution is -2.29. The Hall–Kier alpha value is -1.09. The molecule has 0 aliphatic carbocycles. The maximum Gasteiger partial charge on any atom is 0.131 e. The molecular formula is C14H23N3. The second-order valence-electron chi connectivity index (χ2n) is 4.78. The van der Waals surface area contributed by atoms with Crippen molar-refractivity contribution in [1.82, 2.24) is 4.98 Å². The normalized spacial score (nSPS) is 17.6. The summed E-state index contributed by atoms with van der Waals surface area (Å²) in [5.74, 6) is 1.17. The van der Waals surface area contributed by atoms with E-state index in [1.807, 2.05) is 12.3 Å². The molecule has 2 rings (SSSR count). The Morgan fingerprint density at radius 3 is 2.53 bits per heavy atom. The molecule has 0 radical (unpaired) electrons. The van der Waals surface area contributed by atoms with E-state index in [1.54, 1.807) is 0 Å². The molecule has 2 N–H and O–H groups in total. The van der Waals surface area contributed by atoms with Crippen molar-refractivity contribution in [3.8, 4) is 0 Å². The molecule has 0 atom stereocenters. The van der Waals surface area contributed by atoms with Crippen LogP contribution in [0, 0.1) is 0 Å². The number of hydrogen-bond donors (Lipinski definition) is 1. The molecule has 0 bridgehead atoms. The molecule has 0 aromatic carbocycles. The van der Waals surface area contributed by atoms with Gasteiger partial charge in [-0.05, 0) is 37.4 Å². The maximum atomic E-state index is 5.67. The summed E-state index contributed by atoms with van der Waals surface area (Å²) in [6, 6.07) is 4.17. The molecule has 1 aromatic rings. The summed E-state index contributed by atoms with van der Waals surface area (Å²) < 4.78 is 0. The quantitative estimate of drug-likeness (QED) is 0.871. The summed E-state index contributed by atoms with van der Waals surface area (Å²) >= 11 is 0. The number of nitrogens with zero attached hydrogens (tertiary/aromatic N) is 2. The van der Waals surface area contributed by atoms with Crippen molar-refractivity contribution < 1.29 is 0 Å². The standard InChI is InChI=1S/C14H23N3/c15-9-8-13-7-6-10-16-14(13)17-11-4-2-1-3-5-12-17/h6-7,10H,1-5,8-9,11-12,15H2. The fraction of sp³-hybridized carbons (Fsp3) is 0.643. The van der Waals surface area contributed by atoms with Crippen molar-refractivity contribution >= 4 is 5.82 Å². The highest BCUT2D eigenvalue weighted by atomic mass is 15.2. The van der Waals surface area contributed by atoms with Crippen molar-refractivity contribution in [3.63, 3.8) is 0 Å². The first-order chi connectivity index (χ1) is 8.42. The van der Waals surface area contributed by atoms with Crippen molar-refractivity contribution in [1.29, 1.82) is 0 Å². The molecule has 17 heavy (non-hydrogen) atoms. The minimum Gasteiger partial charge on any atom is -0.356 e. The van der Waals surface area contributed by atoms with Crippen LogP contribution in [-0.4, -0.2) is 24.6 Å². The zero-order chi connectivity index (χ0) is 11.9. The topological polar surface area (TPSA) is 42.1 Å². The third kappa shape index (κ3) is 3.43. The fourth-order valence-electron chi connectivity index (χ4n) is 2.52. The van der Waals surface area contributed by atoms with E-state index in [0.29, 0.717) is 6.54 Å². The highest BCUT2D eigenvalue weighted by Gasteiger charge is 2.13. The molecule has 94 valence electrons. The minimum atomic E-state index is 0.701. The van der Waals surface area contributed by atoms with E-state index in [9.17, 15) is 0 Å². The molecule has 3 heteroatoms. The van der Waals surface area contributed by atoms with Gasteiger partial charge in [-0.3, -0.25) is 0 Å². The monoisotopic (exact) mass is 233 g/mol. The number of hydrogen-bond acceptors (Lipinski definition) is 3. The molecule has 3 nitrogen and oxygen atoms in total. The first kappa shape index (κ1) is 12.4. The Kier molecular flexibility index (Phi) is 4.80. The smallest absolute Gasteiger partial charge is 0.131 e. The van der Waals surface area contributed by atoms with Gasteiger partial charge >= 0.3 is 0 Å². The minimum absolute atomic E-state index is 0.701. The van der Waals surface area contributed by atoms with Crippen molar-refractivity contribution in [2.24, 2.45) is 5.73 Å². The highest BCUT2D eigenvalue weighted by Crippen LogP contribution is 2.21. The van der Waals surface area contributed by atoms with Crippen molar-refractivity contribution in [2.45, 2.75) is 38.5 Å². The molecule has 0 saturated carbocycles. The molecule has 0 unspecified atom stereocenters. The molecule has 0 amide bonds. The van der Waals surface area contributed by atoms with Crippen molar-refractivity contribution in [2.75, 3.05) is 24.5 Å². The molecule has 1 aliphatic heterocycles. The summed E-state index contributed by atoms with van der Waals surface area (Å²) in [5, 5.41) is 0. The summed E-state index contributed by atoms with van der Waals surface area (Å²) in [6.45, 7) is 3.00. The SMILES string of the molecule is NCCc1cccnc1N1CCCCCCC1. The second kappa shape index (κ2) is 6.60. The Bertz CT molecular complexity index is 330. The summed E-state index contributed by atoms with van der Waals surface area (Å²) in [7, 11) is 0. The van der Waals surface area contributed by atoms with Crippen LogP contribution in [-0.2, 0) is 6.42 Å². The van der Waals surface area contributed by atoms with E-state index < -0.39 is 0 Å².